The average Bonchev–Trinajstić information content (AvgIpc) is 3.02. The van der Waals surface area contributed by atoms with Crippen molar-refractivity contribution in [3.05, 3.63) is 50.7 Å². The Bertz CT molecular complexity index is 1090. The molecule has 3 aromatic rings. The fraction of sp³-hybridized carbons (Fsp3) is 0.263. The summed E-state index contributed by atoms with van der Waals surface area (Å²) in [6.07, 6.45) is 0. The third-order valence-electron chi connectivity index (χ3n) is 4.04. The molecule has 0 fully saturated rings. The van der Waals surface area contributed by atoms with Gasteiger partial charge in [-0.2, -0.15) is 4.99 Å². The molecule has 0 unspecified atom stereocenters. The molecule has 0 saturated heterocycles. The number of hydrogen-bond acceptors (Lipinski definition) is 5. The number of methoxy groups -OCH3 is 3. The predicted molar refractivity (Wildman–Crippen MR) is 111 cm³/mol. The highest BCUT2D eigenvalue weighted by Crippen LogP contribution is 2.30. The van der Waals surface area contributed by atoms with Gasteiger partial charge < -0.3 is 18.8 Å². The van der Waals surface area contributed by atoms with E-state index in [9.17, 15) is 4.79 Å². The molecular weight excluding hydrogens is 423 g/mol. The van der Waals surface area contributed by atoms with E-state index in [1.165, 1.54) is 25.6 Å². The van der Waals surface area contributed by atoms with Crippen molar-refractivity contribution in [1.29, 1.82) is 0 Å². The molecule has 0 bridgehead atoms. The fourth-order valence-corrected chi connectivity index (χ4v) is 4.56. The van der Waals surface area contributed by atoms with Crippen molar-refractivity contribution >= 4 is 50.7 Å². The Morgan fingerprint density at radius 2 is 1.86 bits per heavy atom. The van der Waals surface area contributed by atoms with Crippen LogP contribution in [0, 0.1) is 0 Å². The SMILES string of the molecule is COCCn1c(=NC(=O)c2ccc(OC)c(OC)c2)sc2cc(Cl)cc(Cl)c21. The van der Waals surface area contributed by atoms with Crippen LogP contribution in [0.3, 0.4) is 0 Å². The van der Waals surface area contributed by atoms with Crippen LogP contribution in [0.5, 0.6) is 11.5 Å². The Kier molecular flexibility index (Phi) is 6.61. The highest BCUT2D eigenvalue weighted by molar-refractivity contribution is 7.16. The molecule has 1 heterocycles. The van der Waals surface area contributed by atoms with Gasteiger partial charge in [0.25, 0.3) is 5.91 Å². The fourth-order valence-electron chi connectivity index (χ4n) is 2.73. The Morgan fingerprint density at radius 3 is 2.54 bits per heavy atom. The number of nitrogens with zero attached hydrogens (tertiary/aromatic N) is 2. The minimum absolute atomic E-state index is 0.387. The smallest absolute Gasteiger partial charge is 0.279 e. The first-order valence-corrected chi connectivity index (χ1v) is 9.84. The zero-order valence-corrected chi connectivity index (χ0v) is 17.8. The Hall–Kier alpha value is -2.06. The first kappa shape index (κ1) is 20.7. The molecule has 0 aliphatic rings. The number of fused-ring (bicyclic) bond motifs is 1. The lowest BCUT2D eigenvalue weighted by Gasteiger charge is -2.08. The van der Waals surface area contributed by atoms with Crippen molar-refractivity contribution in [2.75, 3.05) is 27.9 Å². The van der Waals surface area contributed by atoms with Crippen LogP contribution in [0.15, 0.2) is 35.3 Å². The van der Waals surface area contributed by atoms with Crippen molar-refractivity contribution in [3.8, 4) is 11.5 Å². The lowest BCUT2D eigenvalue weighted by molar-refractivity contribution is 0.0997. The van der Waals surface area contributed by atoms with E-state index < -0.39 is 5.91 Å². The molecule has 2 aromatic carbocycles. The van der Waals surface area contributed by atoms with Gasteiger partial charge in [-0.25, -0.2) is 0 Å². The van der Waals surface area contributed by atoms with Gasteiger partial charge in [-0.3, -0.25) is 4.79 Å². The maximum atomic E-state index is 12.8. The van der Waals surface area contributed by atoms with Gasteiger partial charge >= 0.3 is 0 Å². The van der Waals surface area contributed by atoms with Gasteiger partial charge in [-0.1, -0.05) is 34.5 Å². The van der Waals surface area contributed by atoms with Gasteiger partial charge in [0.15, 0.2) is 16.3 Å². The van der Waals surface area contributed by atoms with Gasteiger partial charge in [0.05, 0.1) is 36.1 Å². The molecule has 0 saturated carbocycles. The van der Waals surface area contributed by atoms with Gasteiger partial charge in [0.2, 0.25) is 0 Å². The molecule has 0 atom stereocenters. The van der Waals surface area contributed by atoms with E-state index in [1.807, 2.05) is 4.57 Å². The van der Waals surface area contributed by atoms with Crippen LogP contribution in [-0.2, 0) is 11.3 Å². The quantitative estimate of drug-likeness (QED) is 0.569. The molecular formula is C19H18Cl2N2O4S. The van der Waals surface area contributed by atoms with Crippen LogP contribution in [0.25, 0.3) is 10.2 Å². The third-order valence-corrected chi connectivity index (χ3v) is 5.57. The number of halogens is 2. The van der Waals surface area contributed by atoms with Gasteiger partial charge in [0.1, 0.15) is 0 Å². The molecule has 1 amide bonds. The molecule has 0 N–H and O–H groups in total. The second-order valence-corrected chi connectivity index (χ2v) is 7.60. The summed E-state index contributed by atoms with van der Waals surface area (Å²) in [4.78, 5) is 17.6. The van der Waals surface area contributed by atoms with Crippen LogP contribution >= 0.6 is 34.5 Å². The summed E-state index contributed by atoms with van der Waals surface area (Å²) in [5.41, 5.74) is 1.16. The maximum Gasteiger partial charge on any atom is 0.279 e. The molecule has 0 aliphatic heterocycles. The largest absolute Gasteiger partial charge is 0.493 e. The molecule has 3 rings (SSSR count). The lowest BCUT2D eigenvalue weighted by atomic mass is 10.2. The average molecular weight is 441 g/mol. The highest BCUT2D eigenvalue weighted by atomic mass is 35.5. The Morgan fingerprint density at radius 1 is 1.11 bits per heavy atom. The zero-order chi connectivity index (χ0) is 20.3. The van der Waals surface area contributed by atoms with E-state index >= 15 is 0 Å². The normalized spacial score (nSPS) is 11.8. The number of benzene rings is 2. The van der Waals surface area contributed by atoms with Crippen LogP contribution < -0.4 is 14.3 Å². The number of carbonyl (C=O) groups is 1. The molecule has 28 heavy (non-hydrogen) atoms. The van der Waals surface area contributed by atoms with Crippen molar-refractivity contribution in [1.82, 2.24) is 4.57 Å². The van der Waals surface area contributed by atoms with Crippen molar-refractivity contribution in [3.63, 3.8) is 0 Å². The summed E-state index contributed by atoms with van der Waals surface area (Å²) in [6.45, 7) is 0.943. The standard InChI is InChI=1S/C19H18Cl2N2O4S/c1-25-7-6-23-17-13(21)9-12(20)10-16(17)28-19(23)22-18(24)11-4-5-14(26-2)15(8-11)27-3/h4-5,8-10H,6-7H2,1-3H3. The summed E-state index contributed by atoms with van der Waals surface area (Å²) >= 11 is 13.8. The monoisotopic (exact) mass is 440 g/mol. The molecule has 0 aliphatic carbocycles. The minimum atomic E-state index is -0.402. The van der Waals surface area contributed by atoms with E-state index in [2.05, 4.69) is 4.99 Å². The molecule has 0 spiro atoms. The Balaban J connectivity index is 2.12. The predicted octanol–water partition coefficient (Wildman–Crippen LogP) is 4.41. The van der Waals surface area contributed by atoms with E-state index in [0.29, 0.717) is 45.1 Å². The molecule has 6 nitrogen and oxygen atoms in total. The van der Waals surface area contributed by atoms with Crippen LogP contribution in [-0.4, -0.2) is 38.4 Å². The first-order valence-electron chi connectivity index (χ1n) is 8.27. The molecule has 0 radical (unpaired) electrons. The van der Waals surface area contributed by atoms with E-state index in [4.69, 9.17) is 37.4 Å². The van der Waals surface area contributed by atoms with Crippen LogP contribution in [0.4, 0.5) is 0 Å². The number of ether oxygens (including phenoxy) is 3. The van der Waals surface area contributed by atoms with Crippen molar-refractivity contribution in [2.24, 2.45) is 4.99 Å². The summed E-state index contributed by atoms with van der Waals surface area (Å²) in [5, 5.41) is 1.02. The maximum absolute atomic E-state index is 12.8. The summed E-state index contributed by atoms with van der Waals surface area (Å²) in [5.74, 6) is 0.598. The van der Waals surface area contributed by atoms with Gasteiger partial charge in [-0.15, -0.1) is 0 Å². The number of carbonyl (C=O) groups excluding carboxylic acids is 1. The summed E-state index contributed by atoms with van der Waals surface area (Å²) in [6, 6.07) is 8.38. The number of aromatic nitrogens is 1. The second kappa shape index (κ2) is 8.96. The van der Waals surface area contributed by atoms with Crippen LogP contribution in [0.2, 0.25) is 10.0 Å². The zero-order valence-electron chi connectivity index (χ0n) is 15.5. The molecule has 1 aromatic heterocycles. The first-order chi connectivity index (χ1) is 13.5. The highest BCUT2D eigenvalue weighted by Gasteiger charge is 2.14. The number of hydrogen-bond donors (Lipinski definition) is 0. The molecule has 9 heteroatoms. The lowest BCUT2D eigenvalue weighted by Crippen LogP contribution is -2.19. The minimum Gasteiger partial charge on any atom is -0.493 e. The van der Waals surface area contributed by atoms with Crippen molar-refractivity contribution in [2.45, 2.75) is 6.54 Å². The second-order valence-electron chi connectivity index (χ2n) is 5.75. The molecule has 148 valence electrons. The topological polar surface area (TPSA) is 62.1 Å². The van der Waals surface area contributed by atoms with E-state index in [0.717, 1.165) is 10.2 Å². The number of amides is 1. The summed E-state index contributed by atoms with van der Waals surface area (Å²) < 4.78 is 18.4. The van der Waals surface area contributed by atoms with E-state index in [1.54, 1.807) is 37.4 Å². The third kappa shape index (κ3) is 4.17. The van der Waals surface area contributed by atoms with Crippen molar-refractivity contribution < 1.29 is 19.0 Å². The Labute approximate surface area is 175 Å². The van der Waals surface area contributed by atoms with E-state index in [-0.39, 0.29) is 0 Å². The van der Waals surface area contributed by atoms with Crippen LogP contribution in [0.1, 0.15) is 10.4 Å². The van der Waals surface area contributed by atoms with Gasteiger partial charge in [-0.05, 0) is 30.3 Å². The number of thiazole rings is 1. The summed E-state index contributed by atoms with van der Waals surface area (Å²) in [7, 11) is 4.66. The van der Waals surface area contributed by atoms with Gasteiger partial charge in [0, 0.05) is 24.2 Å². The number of rotatable bonds is 6.